The Morgan fingerprint density at radius 1 is 1.33 bits per heavy atom. The van der Waals surface area contributed by atoms with Crippen molar-refractivity contribution in [2.24, 2.45) is 7.05 Å². The van der Waals surface area contributed by atoms with Gasteiger partial charge < -0.3 is 24.7 Å². The summed E-state index contributed by atoms with van der Waals surface area (Å²) in [5.41, 5.74) is 6.85. The molecular weight excluding hydrogens is 234 g/mol. The molecule has 1 saturated heterocycles. The fourth-order valence-electron chi connectivity index (χ4n) is 2.33. The summed E-state index contributed by atoms with van der Waals surface area (Å²) >= 11 is 0. The third-order valence-electron chi connectivity index (χ3n) is 3.35. The fourth-order valence-corrected chi connectivity index (χ4v) is 2.33. The van der Waals surface area contributed by atoms with Crippen molar-refractivity contribution in [2.75, 3.05) is 33.0 Å². The Balaban J connectivity index is 2.14. The van der Waals surface area contributed by atoms with E-state index in [1.54, 1.807) is 43.0 Å². The number of nitrogens with two attached hydrogens (primary N) is 1. The molecule has 18 heavy (non-hydrogen) atoms. The second kappa shape index (κ2) is 4.99. The number of carbonyl (C=O) groups excluding carboxylic acids is 1. The molecule has 1 aromatic rings. The van der Waals surface area contributed by atoms with Gasteiger partial charge in [0.25, 0.3) is 5.91 Å². The first-order valence-corrected chi connectivity index (χ1v) is 5.83. The number of likely N-dealkylation sites (tertiary alicyclic amines) is 1. The van der Waals surface area contributed by atoms with Crippen molar-refractivity contribution in [1.82, 2.24) is 9.47 Å². The number of nitrogen functional groups attached to an aromatic ring is 1. The molecule has 1 aliphatic rings. The van der Waals surface area contributed by atoms with Crippen LogP contribution in [0.25, 0.3) is 0 Å². The second-order valence-corrected chi connectivity index (χ2v) is 4.53. The van der Waals surface area contributed by atoms with Crippen molar-refractivity contribution in [2.45, 2.75) is 12.2 Å². The maximum Gasteiger partial charge on any atom is 0.270 e. The molecule has 6 heteroatoms. The number of aromatic nitrogens is 1. The molecule has 2 atom stereocenters. The topological polar surface area (TPSA) is 69.7 Å². The highest BCUT2D eigenvalue weighted by molar-refractivity contribution is 5.94. The van der Waals surface area contributed by atoms with Crippen LogP contribution in [0.4, 0.5) is 5.69 Å². The third kappa shape index (κ3) is 2.21. The van der Waals surface area contributed by atoms with E-state index in [2.05, 4.69) is 0 Å². The van der Waals surface area contributed by atoms with Crippen LogP contribution in [0, 0.1) is 0 Å². The molecule has 0 aliphatic carbocycles. The van der Waals surface area contributed by atoms with Gasteiger partial charge in [0.05, 0.1) is 5.69 Å². The molecule has 1 amide bonds. The van der Waals surface area contributed by atoms with Crippen LogP contribution in [-0.4, -0.2) is 54.9 Å². The van der Waals surface area contributed by atoms with E-state index in [0.29, 0.717) is 24.5 Å². The smallest absolute Gasteiger partial charge is 0.270 e. The lowest BCUT2D eigenvalue weighted by molar-refractivity contribution is -0.00461. The summed E-state index contributed by atoms with van der Waals surface area (Å²) in [7, 11) is 5.07. The zero-order valence-corrected chi connectivity index (χ0v) is 10.9. The Bertz CT molecular complexity index is 432. The lowest BCUT2D eigenvalue weighted by atomic mass is 10.3. The molecule has 1 aliphatic heterocycles. The number of hydrogen-bond donors (Lipinski definition) is 1. The van der Waals surface area contributed by atoms with Crippen LogP contribution in [0.5, 0.6) is 0 Å². The molecule has 0 aromatic carbocycles. The highest BCUT2D eigenvalue weighted by atomic mass is 16.5. The molecule has 0 saturated carbocycles. The van der Waals surface area contributed by atoms with Gasteiger partial charge in [0.15, 0.2) is 0 Å². The molecular formula is C12H19N3O3. The summed E-state index contributed by atoms with van der Waals surface area (Å²) in [4.78, 5) is 14.1. The van der Waals surface area contributed by atoms with Crippen LogP contribution in [0.1, 0.15) is 10.5 Å². The Kier molecular flexibility index (Phi) is 3.58. The average Bonchev–Trinajstić information content (AvgIpc) is 2.91. The second-order valence-electron chi connectivity index (χ2n) is 4.53. The van der Waals surface area contributed by atoms with Gasteiger partial charge in [0.2, 0.25) is 0 Å². The van der Waals surface area contributed by atoms with Gasteiger partial charge in [-0.2, -0.15) is 0 Å². The minimum atomic E-state index is -0.0726. The minimum Gasteiger partial charge on any atom is -0.397 e. The van der Waals surface area contributed by atoms with Gasteiger partial charge in [-0.25, -0.2) is 0 Å². The number of nitrogens with zero attached hydrogens (tertiary/aromatic N) is 2. The number of ether oxygens (including phenoxy) is 2. The number of aryl methyl sites for hydroxylation is 1. The van der Waals surface area contributed by atoms with Crippen LogP contribution >= 0.6 is 0 Å². The Morgan fingerprint density at radius 3 is 2.28 bits per heavy atom. The Morgan fingerprint density at radius 2 is 1.89 bits per heavy atom. The van der Waals surface area contributed by atoms with Crippen molar-refractivity contribution in [3.05, 3.63) is 18.0 Å². The van der Waals surface area contributed by atoms with E-state index in [0.717, 1.165) is 0 Å². The molecule has 0 radical (unpaired) electrons. The highest BCUT2D eigenvalue weighted by Crippen LogP contribution is 2.19. The number of anilines is 1. The number of amides is 1. The van der Waals surface area contributed by atoms with Crippen molar-refractivity contribution in [3.8, 4) is 0 Å². The van der Waals surface area contributed by atoms with Gasteiger partial charge in [0.1, 0.15) is 17.9 Å². The molecule has 0 bridgehead atoms. The van der Waals surface area contributed by atoms with Crippen LogP contribution in [-0.2, 0) is 16.5 Å². The first-order chi connectivity index (χ1) is 8.56. The van der Waals surface area contributed by atoms with E-state index in [-0.39, 0.29) is 18.1 Å². The predicted octanol–water partition coefficient (Wildman–Crippen LogP) is 0.0931. The molecule has 1 fully saturated rings. The van der Waals surface area contributed by atoms with Crippen molar-refractivity contribution < 1.29 is 14.3 Å². The van der Waals surface area contributed by atoms with Gasteiger partial charge in [-0.15, -0.1) is 0 Å². The van der Waals surface area contributed by atoms with Crippen LogP contribution < -0.4 is 5.73 Å². The Hall–Kier alpha value is -1.53. The van der Waals surface area contributed by atoms with Crippen molar-refractivity contribution >= 4 is 11.6 Å². The predicted molar refractivity (Wildman–Crippen MR) is 67.3 cm³/mol. The molecule has 100 valence electrons. The SMILES string of the molecule is COC1CN(C(=O)c2cc(N)cn2C)CC1OC. The van der Waals surface area contributed by atoms with E-state index in [1.165, 1.54) is 0 Å². The van der Waals surface area contributed by atoms with E-state index in [1.807, 2.05) is 0 Å². The highest BCUT2D eigenvalue weighted by Gasteiger charge is 2.36. The molecule has 2 N–H and O–H groups in total. The number of rotatable bonds is 3. The molecule has 2 rings (SSSR count). The third-order valence-corrected chi connectivity index (χ3v) is 3.35. The zero-order valence-electron chi connectivity index (χ0n) is 10.9. The Labute approximate surface area is 106 Å². The normalized spacial score (nSPS) is 23.6. The standard InChI is InChI=1S/C12H19N3O3/c1-14-5-8(13)4-9(14)12(16)15-6-10(17-2)11(7-15)18-3/h4-5,10-11H,6-7,13H2,1-3H3. The first-order valence-electron chi connectivity index (χ1n) is 5.83. The number of hydrogen-bond acceptors (Lipinski definition) is 4. The molecule has 2 unspecified atom stereocenters. The van der Waals surface area contributed by atoms with E-state index in [4.69, 9.17) is 15.2 Å². The molecule has 6 nitrogen and oxygen atoms in total. The lowest BCUT2D eigenvalue weighted by Crippen LogP contribution is -2.31. The quantitative estimate of drug-likeness (QED) is 0.829. The summed E-state index contributed by atoms with van der Waals surface area (Å²) in [5.74, 6) is -0.0456. The molecule has 2 heterocycles. The lowest BCUT2D eigenvalue weighted by Gasteiger charge is -2.15. The van der Waals surface area contributed by atoms with Gasteiger partial charge in [-0.05, 0) is 6.07 Å². The molecule has 0 spiro atoms. The summed E-state index contributed by atoms with van der Waals surface area (Å²) in [5, 5.41) is 0. The summed E-state index contributed by atoms with van der Waals surface area (Å²) in [6.45, 7) is 1.08. The number of methoxy groups -OCH3 is 2. The van der Waals surface area contributed by atoms with Gasteiger partial charge >= 0.3 is 0 Å². The monoisotopic (exact) mass is 253 g/mol. The van der Waals surface area contributed by atoms with Crippen molar-refractivity contribution in [3.63, 3.8) is 0 Å². The van der Waals surface area contributed by atoms with Crippen molar-refractivity contribution in [1.29, 1.82) is 0 Å². The first kappa shape index (κ1) is 12.9. The van der Waals surface area contributed by atoms with Gasteiger partial charge in [-0.3, -0.25) is 4.79 Å². The van der Waals surface area contributed by atoms with E-state index in [9.17, 15) is 4.79 Å². The maximum atomic E-state index is 12.3. The van der Waals surface area contributed by atoms with Crippen LogP contribution in [0.3, 0.4) is 0 Å². The van der Waals surface area contributed by atoms with E-state index >= 15 is 0 Å². The average molecular weight is 253 g/mol. The fraction of sp³-hybridized carbons (Fsp3) is 0.583. The molecule has 1 aromatic heterocycles. The summed E-state index contributed by atoms with van der Waals surface area (Å²) < 4.78 is 12.4. The zero-order chi connectivity index (χ0) is 13.3. The summed E-state index contributed by atoms with van der Waals surface area (Å²) in [6, 6.07) is 1.68. The number of carbonyl (C=O) groups is 1. The van der Waals surface area contributed by atoms with E-state index < -0.39 is 0 Å². The minimum absolute atomic E-state index is 0.0456. The van der Waals surface area contributed by atoms with Gasteiger partial charge in [0, 0.05) is 40.6 Å². The van der Waals surface area contributed by atoms with Crippen LogP contribution in [0.2, 0.25) is 0 Å². The largest absolute Gasteiger partial charge is 0.397 e. The maximum absolute atomic E-state index is 12.3. The summed E-state index contributed by atoms with van der Waals surface area (Å²) in [6.07, 6.45) is 1.58. The van der Waals surface area contributed by atoms with Crippen LogP contribution in [0.15, 0.2) is 12.3 Å². The van der Waals surface area contributed by atoms with Gasteiger partial charge in [-0.1, -0.05) is 0 Å².